The number of benzene rings is 2. The third-order valence-electron chi connectivity index (χ3n) is 4.99. The van der Waals surface area contributed by atoms with Crippen molar-refractivity contribution in [1.82, 2.24) is 15.0 Å². The molecule has 0 bridgehead atoms. The third kappa shape index (κ3) is 6.38. The molecule has 2 aromatic carbocycles. The predicted octanol–water partition coefficient (Wildman–Crippen LogP) is 6.80. The van der Waals surface area contributed by atoms with Crippen molar-refractivity contribution in [2.24, 2.45) is 0 Å². The van der Waals surface area contributed by atoms with E-state index in [1.165, 1.54) is 29.5 Å². The monoisotopic (exact) mass is 505 g/mol. The Morgan fingerprint density at radius 2 is 1.74 bits per heavy atom. The molecular weight excluding hydrogens is 483 g/mol. The highest BCUT2D eigenvalue weighted by molar-refractivity contribution is 7.98. The van der Waals surface area contributed by atoms with Crippen molar-refractivity contribution in [3.63, 3.8) is 0 Å². The number of methoxy groups -OCH3 is 1. The summed E-state index contributed by atoms with van der Waals surface area (Å²) in [6.45, 7) is 0.730. The summed E-state index contributed by atoms with van der Waals surface area (Å²) in [4.78, 5) is 13.3. The van der Waals surface area contributed by atoms with Gasteiger partial charge in [0.15, 0.2) is 11.8 Å². The van der Waals surface area contributed by atoms with E-state index >= 15 is 0 Å². The SMILES string of the molecule is COc1ccc(CSc2ccnc(CSc3nc4ccc(OCC(F)(F)F)cc4[nH]3)c2C)cc1. The Balaban J connectivity index is 1.39. The molecule has 0 aliphatic carbocycles. The number of pyridine rings is 1. The molecule has 10 heteroatoms. The Hall–Kier alpha value is -2.85. The Kier molecular flexibility index (Phi) is 7.57. The van der Waals surface area contributed by atoms with E-state index in [2.05, 4.69) is 34.0 Å². The van der Waals surface area contributed by atoms with Crippen molar-refractivity contribution in [1.29, 1.82) is 0 Å². The number of ether oxygens (including phenoxy) is 2. The van der Waals surface area contributed by atoms with E-state index in [4.69, 9.17) is 9.47 Å². The van der Waals surface area contributed by atoms with E-state index in [1.807, 2.05) is 24.4 Å². The summed E-state index contributed by atoms with van der Waals surface area (Å²) >= 11 is 3.24. The average molecular weight is 506 g/mol. The first-order valence-corrected chi connectivity index (χ1v) is 12.3. The molecular formula is C24H22F3N3O2S2. The Morgan fingerprint density at radius 3 is 2.47 bits per heavy atom. The van der Waals surface area contributed by atoms with Gasteiger partial charge in [0.1, 0.15) is 11.5 Å². The van der Waals surface area contributed by atoms with Gasteiger partial charge in [-0.3, -0.25) is 4.98 Å². The number of imidazole rings is 1. The first kappa shape index (κ1) is 24.3. The molecule has 34 heavy (non-hydrogen) atoms. The van der Waals surface area contributed by atoms with Gasteiger partial charge in [-0.1, -0.05) is 23.9 Å². The smallest absolute Gasteiger partial charge is 0.422 e. The summed E-state index contributed by atoms with van der Waals surface area (Å²) in [7, 11) is 1.65. The molecule has 0 amide bonds. The molecule has 0 fully saturated rings. The topological polar surface area (TPSA) is 60.0 Å². The van der Waals surface area contributed by atoms with Crippen LogP contribution in [0.2, 0.25) is 0 Å². The molecule has 2 heterocycles. The Labute approximate surface area is 203 Å². The van der Waals surface area contributed by atoms with Crippen LogP contribution in [0.5, 0.6) is 11.5 Å². The number of hydrogen-bond acceptors (Lipinski definition) is 6. The number of halogens is 3. The maximum atomic E-state index is 12.4. The number of H-pyrrole nitrogens is 1. The lowest BCUT2D eigenvalue weighted by atomic mass is 10.2. The zero-order valence-electron chi connectivity index (χ0n) is 18.5. The maximum Gasteiger partial charge on any atom is 0.422 e. The van der Waals surface area contributed by atoms with Gasteiger partial charge in [0, 0.05) is 28.7 Å². The standard InChI is InChI=1S/C24H22F3N3O2S2/c1-15-21(28-10-9-22(15)33-12-16-3-5-17(31-2)6-4-16)13-34-23-29-19-8-7-18(11-20(19)30-23)32-14-24(25,26)27/h3-11H,12-14H2,1-2H3,(H,29,30). The van der Waals surface area contributed by atoms with Crippen molar-refractivity contribution in [2.75, 3.05) is 13.7 Å². The van der Waals surface area contributed by atoms with Gasteiger partial charge in [0.25, 0.3) is 0 Å². The summed E-state index contributed by atoms with van der Waals surface area (Å²) in [6.07, 6.45) is -2.57. The first-order valence-electron chi connectivity index (χ1n) is 10.3. The number of fused-ring (bicyclic) bond motifs is 1. The van der Waals surface area contributed by atoms with Crippen molar-refractivity contribution in [3.05, 3.63) is 71.5 Å². The van der Waals surface area contributed by atoms with Gasteiger partial charge in [0.05, 0.1) is 23.8 Å². The summed E-state index contributed by atoms with van der Waals surface area (Å²) in [5, 5.41) is 0.667. The molecule has 0 saturated carbocycles. The lowest BCUT2D eigenvalue weighted by Crippen LogP contribution is -2.19. The molecule has 4 rings (SSSR count). The molecule has 4 aromatic rings. The molecule has 0 aliphatic heterocycles. The van der Waals surface area contributed by atoms with Crippen molar-refractivity contribution < 1.29 is 22.6 Å². The molecule has 5 nitrogen and oxygen atoms in total. The molecule has 0 unspecified atom stereocenters. The number of rotatable bonds is 9. The Bertz CT molecular complexity index is 1260. The fourth-order valence-electron chi connectivity index (χ4n) is 3.17. The number of alkyl halides is 3. The van der Waals surface area contributed by atoms with Crippen LogP contribution in [0.15, 0.2) is 64.8 Å². The fourth-order valence-corrected chi connectivity index (χ4v) is 5.08. The minimum absolute atomic E-state index is 0.143. The summed E-state index contributed by atoms with van der Waals surface area (Å²) in [5.41, 5.74) is 4.57. The highest BCUT2D eigenvalue weighted by Crippen LogP contribution is 2.31. The minimum Gasteiger partial charge on any atom is -0.497 e. The van der Waals surface area contributed by atoms with Crippen molar-refractivity contribution in [3.8, 4) is 11.5 Å². The lowest BCUT2D eigenvalue weighted by Gasteiger charge is -2.10. The average Bonchev–Trinajstić information content (AvgIpc) is 3.23. The summed E-state index contributed by atoms with van der Waals surface area (Å²) in [5.74, 6) is 2.43. The molecule has 178 valence electrons. The molecule has 2 aromatic heterocycles. The second kappa shape index (κ2) is 10.6. The van der Waals surface area contributed by atoms with Gasteiger partial charge in [0.2, 0.25) is 0 Å². The van der Waals surface area contributed by atoms with E-state index in [-0.39, 0.29) is 5.75 Å². The molecule has 1 N–H and O–H groups in total. The first-order chi connectivity index (χ1) is 16.3. The normalized spacial score (nSPS) is 11.7. The van der Waals surface area contributed by atoms with Gasteiger partial charge < -0.3 is 14.5 Å². The highest BCUT2D eigenvalue weighted by atomic mass is 32.2. The second-order valence-electron chi connectivity index (χ2n) is 7.43. The van der Waals surface area contributed by atoms with E-state index in [0.717, 1.165) is 27.7 Å². The number of hydrogen-bond donors (Lipinski definition) is 1. The van der Waals surface area contributed by atoms with Crippen LogP contribution < -0.4 is 9.47 Å². The minimum atomic E-state index is -4.38. The fraction of sp³-hybridized carbons (Fsp3) is 0.250. The molecule has 0 atom stereocenters. The number of thioether (sulfide) groups is 2. The van der Waals surface area contributed by atoms with Gasteiger partial charge in [-0.15, -0.1) is 11.8 Å². The van der Waals surface area contributed by atoms with Crippen LogP contribution in [0.3, 0.4) is 0 Å². The summed E-state index contributed by atoms with van der Waals surface area (Å²) in [6, 6.07) is 14.7. The zero-order chi connectivity index (χ0) is 24.1. The summed E-state index contributed by atoms with van der Waals surface area (Å²) < 4.78 is 47.2. The van der Waals surface area contributed by atoms with Crippen LogP contribution in [0, 0.1) is 6.92 Å². The zero-order valence-corrected chi connectivity index (χ0v) is 20.1. The number of aromatic amines is 1. The van der Waals surface area contributed by atoms with Crippen LogP contribution in [-0.2, 0) is 11.5 Å². The third-order valence-corrected chi connectivity index (χ3v) is 7.11. The van der Waals surface area contributed by atoms with Crippen LogP contribution in [0.25, 0.3) is 11.0 Å². The largest absolute Gasteiger partial charge is 0.497 e. The van der Waals surface area contributed by atoms with Crippen LogP contribution in [-0.4, -0.2) is 34.8 Å². The van der Waals surface area contributed by atoms with Gasteiger partial charge in [-0.25, -0.2) is 4.98 Å². The lowest BCUT2D eigenvalue weighted by molar-refractivity contribution is -0.153. The van der Waals surface area contributed by atoms with Gasteiger partial charge in [-0.05, 0) is 48.4 Å². The quantitative estimate of drug-likeness (QED) is 0.253. The molecule has 0 radical (unpaired) electrons. The van der Waals surface area contributed by atoms with E-state index in [1.54, 1.807) is 24.9 Å². The Morgan fingerprint density at radius 1 is 0.971 bits per heavy atom. The number of nitrogens with zero attached hydrogens (tertiary/aromatic N) is 2. The maximum absolute atomic E-state index is 12.4. The van der Waals surface area contributed by atoms with Crippen LogP contribution >= 0.6 is 23.5 Å². The second-order valence-corrected chi connectivity index (χ2v) is 9.41. The number of aromatic nitrogens is 3. The van der Waals surface area contributed by atoms with Crippen LogP contribution in [0.4, 0.5) is 13.2 Å². The van der Waals surface area contributed by atoms with E-state index in [9.17, 15) is 13.2 Å². The van der Waals surface area contributed by atoms with Gasteiger partial charge in [-0.2, -0.15) is 13.2 Å². The molecule has 0 aliphatic rings. The highest BCUT2D eigenvalue weighted by Gasteiger charge is 2.28. The van der Waals surface area contributed by atoms with E-state index < -0.39 is 12.8 Å². The van der Waals surface area contributed by atoms with Crippen molar-refractivity contribution in [2.45, 2.75) is 34.7 Å². The van der Waals surface area contributed by atoms with Crippen molar-refractivity contribution >= 4 is 34.6 Å². The molecule has 0 spiro atoms. The van der Waals surface area contributed by atoms with E-state index in [0.29, 0.717) is 21.9 Å². The van der Waals surface area contributed by atoms with Crippen LogP contribution in [0.1, 0.15) is 16.8 Å². The predicted molar refractivity (Wildman–Crippen MR) is 129 cm³/mol. The van der Waals surface area contributed by atoms with Gasteiger partial charge >= 0.3 is 6.18 Å². The number of nitrogens with one attached hydrogen (secondary N) is 1. The molecule has 0 saturated heterocycles.